The van der Waals surface area contributed by atoms with E-state index in [1.54, 1.807) is 11.3 Å². The van der Waals surface area contributed by atoms with E-state index in [1.165, 1.54) is 42.7 Å². The lowest BCUT2D eigenvalue weighted by Crippen LogP contribution is -2.36. The van der Waals surface area contributed by atoms with Crippen LogP contribution < -0.4 is 5.32 Å². The zero-order chi connectivity index (χ0) is 12.3. The average Bonchev–Trinajstić information content (AvgIpc) is 2.76. The van der Waals surface area contributed by atoms with Crippen LogP contribution in [0.1, 0.15) is 62.6 Å². The summed E-state index contributed by atoms with van der Waals surface area (Å²) in [6, 6.07) is 1.08. The lowest BCUT2D eigenvalue weighted by Gasteiger charge is -2.30. The van der Waals surface area contributed by atoms with Crippen molar-refractivity contribution < 1.29 is 0 Å². The highest BCUT2D eigenvalue weighted by atomic mass is 32.1. The molecule has 0 bridgehead atoms. The van der Waals surface area contributed by atoms with Crippen molar-refractivity contribution >= 4 is 11.3 Å². The number of rotatable bonds is 4. The highest BCUT2D eigenvalue weighted by Gasteiger charge is 2.22. The minimum Gasteiger partial charge on any atom is -0.307 e. The third kappa shape index (κ3) is 3.29. The van der Waals surface area contributed by atoms with Gasteiger partial charge >= 0.3 is 0 Å². The fraction of sp³-hybridized carbons (Fsp3) is 0.786. The molecule has 0 aliphatic heterocycles. The molecule has 2 rings (SSSR count). The molecule has 0 radical (unpaired) electrons. The Bertz CT molecular complexity index is 342. The summed E-state index contributed by atoms with van der Waals surface area (Å²) in [6.45, 7) is 6.72. The van der Waals surface area contributed by atoms with Crippen LogP contribution in [-0.2, 0) is 0 Å². The topological polar surface area (TPSA) is 24.9 Å². The quantitative estimate of drug-likeness (QED) is 0.873. The van der Waals surface area contributed by atoms with Gasteiger partial charge in [0, 0.05) is 17.0 Å². The Morgan fingerprint density at radius 2 is 2.00 bits per heavy atom. The maximum absolute atomic E-state index is 4.34. The van der Waals surface area contributed by atoms with Crippen molar-refractivity contribution in [2.75, 3.05) is 0 Å². The van der Waals surface area contributed by atoms with Crippen molar-refractivity contribution in [2.24, 2.45) is 5.92 Å². The molecule has 1 aromatic rings. The molecule has 1 saturated carbocycles. The fourth-order valence-electron chi connectivity index (χ4n) is 2.97. The number of nitrogens with one attached hydrogen (secondary N) is 1. The van der Waals surface area contributed by atoms with E-state index < -0.39 is 0 Å². The average molecular weight is 252 g/mol. The molecule has 2 atom stereocenters. The molecule has 0 saturated heterocycles. The van der Waals surface area contributed by atoms with Crippen LogP contribution in [0, 0.1) is 12.8 Å². The van der Waals surface area contributed by atoms with Crippen LogP contribution in [0.3, 0.4) is 0 Å². The second kappa shape index (κ2) is 5.96. The van der Waals surface area contributed by atoms with Crippen molar-refractivity contribution in [3.8, 4) is 0 Å². The molecule has 1 aliphatic rings. The van der Waals surface area contributed by atoms with E-state index in [0.29, 0.717) is 12.1 Å². The summed E-state index contributed by atoms with van der Waals surface area (Å²) in [4.78, 5) is 5.73. The highest BCUT2D eigenvalue weighted by molar-refractivity contribution is 7.09. The minimum absolute atomic E-state index is 0.444. The second-order valence-corrected chi connectivity index (χ2v) is 6.26. The monoisotopic (exact) mass is 252 g/mol. The minimum atomic E-state index is 0.444. The van der Waals surface area contributed by atoms with E-state index in [1.807, 2.05) is 5.51 Å². The number of hydrogen-bond donors (Lipinski definition) is 1. The van der Waals surface area contributed by atoms with Crippen LogP contribution in [-0.4, -0.2) is 11.0 Å². The second-order valence-electron chi connectivity index (χ2n) is 5.38. The summed E-state index contributed by atoms with van der Waals surface area (Å²) < 4.78 is 0. The van der Waals surface area contributed by atoms with E-state index in [9.17, 15) is 0 Å². The van der Waals surface area contributed by atoms with Crippen LogP contribution in [0.5, 0.6) is 0 Å². The lowest BCUT2D eigenvalue weighted by molar-refractivity contribution is 0.269. The third-order valence-corrected chi connectivity index (χ3v) is 5.16. The summed E-state index contributed by atoms with van der Waals surface area (Å²) in [6.07, 6.45) is 7.09. The molecule has 0 amide bonds. The van der Waals surface area contributed by atoms with Crippen LogP contribution in [0.15, 0.2) is 5.51 Å². The summed E-state index contributed by atoms with van der Waals surface area (Å²) in [5.74, 6) is 0.874. The van der Waals surface area contributed by atoms with Gasteiger partial charge in [-0.05, 0) is 39.5 Å². The van der Waals surface area contributed by atoms with Crippen LogP contribution in [0.4, 0.5) is 0 Å². The van der Waals surface area contributed by atoms with Crippen molar-refractivity contribution in [1.29, 1.82) is 0 Å². The van der Waals surface area contributed by atoms with Crippen molar-refractivity contribution in [2.45, 2.75) is 65.0 Å². The first-order valence-corrected chi connectivity index (χ1v) is 7.72. The molecule has 1 aromatic heterocycles. The summed E-state index contributed by atoms with van der Waals surface area (Å²) in [5, 5.41) is 3.76. The van der Waals surface area contributed by atoms with E-state index in [2.05, 4.69) is 31.1 Å². The van der Waals surface area contributed by atoms with Gasteiger partial charge in [0.15, 0.2) is 0 Å². The summed E-state index contributed by atoms with van der Waals surface area (Å²) in [5.41, 5.74) is 3.14. The Labute approximate surface area is 109 Å². The first-order valence-electron chi connectivity index (χ1n) is 6.84. The van der Waals surface area contributed by atoms with Gasteiger partial charge < -0.3 is 5.32 Å². The molecule has 1 fully saturated rings. The Morgan fingerprint density at radius 3 is 2.59 bits per heavy atom. The van der Waals surface area contributed by atoms with E-state index in [0.717, 1.165) is 5.92 Å². The smallest absolute Gasteiger partial charge is 0.0798 e. The normalized spacial score (nSPS) is 21.4. The summed E-state index contributed by atoms with van der Waals surface area (Å²) >= 11 is 1.77. The molecule has 1 aliphatic carbocycles. The van der Waals surface area contributed by atoms with Crippen molar-refractivity contribution in [1.82, 2.24) is 10.3 Å². The van der Waals surface area contributed by atoms with Gasteiger partial charge in [-0.15, -0.1) is 11.3 Å². The van der Waals surface area contributed by atoms with Gasteiger partial charge in [-0.2, -0.15) is 0 Å². The maximum atomic E-state index is 4.34. The molecule has 3 heteroatoms. The van der Waals surface area contributed by atoms with Gasteiger partial charge in [-0.3, -0.25) is 0 Å². The van der Waals surface area contributed by atoms with Crippen LogP contribution in [0.2, 0.25) is 0 Å². The molecule has 0 aromatic carbocycles. The van der Waals surface area contributed by atoms with Crippen LogP contribution in [0.25, 0.3) is 0 Å². The summed E-state index contributed by atoms with van der Waals surface area (Å²) in [7, 11) is 0. The molecule has 1 N–H and O–H groups in total. The van der Waals surface area contributed by atoms with Gasteiger partial charge in [-0.25, -0.2) is 4.98 Å². The molecule has 2 unspecified atom stereocenters. The lowest BCUT2D eigenvalue weighted by atomic mass is 9.84. The van der Waals surface area contributed by atoms with E-state index >= 15 is 0 Å². The third-order valence-electron chi connectivity index (χ3n) is 4.05. The zero-order valence-corrected chi connectivity index (χ0v) is 12.0. The number of hydrogen-bond acceptors (Lipinski definition) is 3. The van der Waals surface area contributed by atoms with Crippen molar-refractivity contribution in [3.63, 3.8) is 0 Å². The predicted octanol–water partition coefficient (Wildman–Crippen LogP) is 4.07. The van der Waals surface area contributed by atoms with Gasteiger partial charge in [0.25, 0.3) is 0 Å². The molecule has 2 nitrogen and oxygen atoms in total. The van der Waals surface area contributed by atoms with Gasteiger partial charge in [0.05, 0.1) is 11.2 Å². The zero-order valence-electron chi connectivity index (χ0n) is 11.2. The van der Waals surface area contributed by atoms with E-state index in [4.69, 9.17) is 0 Å². The molecule has 17 heavy (non-hydrogen) atoms. The number of aromatic nitrogens is 1. The standard InChI is InChI=1S/C14H24N2S/c1-10(13-7-5-4-6-8-13)16-12(3)14-11(2)15-9-17-14/h9-10,12-13,16H,4-8H2,1-3H3. The van der Waals surface area contributed by atoms with Crippen molar-refractivity contribution in [3.05, 3.63) is 16.1 Å². The Morgan fingerprint density at radius 1 is 1.29 bits per heavy atom. The fourth-order valence-corrected chi connectivity index (χ4v) is 3.79. The van der Waals surface area contributed by atoms with Gasteiger partial charge in [-0.1, -0.05) is 19.3 Å². The number of nitrogens with zero attached hydrogens (tertiary/aromatic N) is 1. The first-order chi connectivity index (χ1) is 8.18. The molecule has 0 spiro atoms. The molecular weight excluding hydrogens is 228 g/mol. The maximum Gasteiger partial charge on any atom is 0.0798 e. The molecular formula is C14H24N2S. The largest absolute Gasteiger partial charge is 0.307 e. The Balaban J connectivity index is 1.89. The Hall–Kier alpha value is -0.410. The predicted molar refractivity (Wildman–Crippen MR) is 74.4 cm³/mol. The molecule has 96 valence electrons. The SMILES string of the molecule is Cc1ncsc1C(C)NC(C)C1CCCCC1. The highest BCUT2D eigenvalue weighted by Crippen LogP contribution is 2.28. The number of aryl methyl sites for hydroxylation is 1. The number of thiazole rings is 1. The Kier molecular flexibility index (Phi) is 4.57. The van der Waals surface area contributed by atoms with Crippen LogP contribution >= 0.6 is 11.3 Å². The van der Waals surface area contributed by atoms with E-state index in [-0.39, 0.29) is 0 Å². The van der Waals surface area contributed by atoms with Gasteiger partial charge in [0.2, 0.25) is 0 Å². The first kappa shape index (κ1) is 13.0. The van der Waals surface area contributed by atoms with Gasteiger partial charge in [0.1, 0.15) is 0 Å². The molecule has 1 heterocycles.